The Kier molecular flexibility index (Phi) is 6.88. The van der Waals surface area contributed by atoms with Crippen LogP contribution in [0.25, 0.3) is 0 Å². The van der Waals surface area contributed by atoms with E-state index in [2.05, 4.69) is 5.32 Å². The summed E-state index contributed by atoms with van der Waals surface area (Å²) in [5.41, 5.74) is 3.24. The number of amides is 1. The molecule has 2 atom stereocenters. The summed E-state index contributed by atoms with van der Waals surface area (Å²) in [5.74, 6) is -0.128. The fourth-order valence-electron chi connectivity index (χ4n) is 3.77. The van der Waals surface area contributed by atoms with Gasteiger partial charge in [-0.05, 0) is 43.0 Å². The van der Waals surface area contributed by atoms with Crippen LogP contribution in [0.5, 0.6) is 5.75 Å². The third kappa shape index (κ3) is 5.81. The Morgan fingerprint density at radius 3 is 2.62 bits per heavy atom. The van der Waals surface area contributed by atoms with Crippen molar-refractivity contribution >= 4 is 11.9 Å². The lowest BCUT2D eigenvalue weighted by atomic mass is 10.1. The van der Waals surface area contributed by atoms with Crippen LogP contribution in [0, 0.1) is 6.92 Å². The van der Waals surface area contributed by atoms with Crippen LogP contribution in [0.4, 0.5) is 0 Å². The molecule has 0 bridgehead atoms. The monoisotopic (exact) mass is 396 g/mol. The predicted molar refractivity (Wildman–Crippen MR) is 110 cm³/mol. The van der Waals surface area contributed by atoms with E-state index in [1.807, 2.05) is 42.2 Å². The van der Waals surface area contributed by atoms with Crippen LogP contribution >= 0.6 is 0 Å². The van der Waals surface area contributed by atoms with Gasteiger partial charge in [-0.3, -0.25) is 14.5 Å². The molecule has 2 aromatic rings. The third-order valence-corrected chi connectivity index (χ3v) is 5.30. The fraction of sp³-hybridized carbons (Fsp3) is 0.391. The molecule has 2 N–H and O–H groups in total. The maximum atomic E-state index is 12.4. The number of hydrogen-bond acceptors (Lipinski definition) is 5. The first-order chi connectivity index (χ1) is 13.9. The van der Waals surface area contributed by atoms with Crippen molar-refractivity contribution in [2.75, 3.05) is 13.7 Å². The highest BCUT2D eigenvalue weighted by atomic mass is 16.5. The van der Waals surface area contributed by atoms with E-state index in [1.54, 1.807) is 18.2 Å². The number of rotatable bonds is 7. The number of methoxy groups -OCH3 is 1. The number of aryl methyl sites for hydroxylation is 2. The molecule has 29 heavy (non-hydrogen) atoms. The van der Waals surface area contributed by atoms with Crippen molar-refractivity contribution in [3.63, 3.8) is 0 Å². The Bertz CT molecular complexity index is 850. The fourth-order valence-corrected chi connectivity index (χ4v) is 3.77. The average molecular weight is 396 g/mol. The lowest BCUT2D eigenvalue weighted by Crippen LogP contribution is -2.37. The smallest absolute Gasteiger partial charge is 0.323 e. The van der Waals surface area contributed by atoms with Crippen molar-refractivity contribution in [1.29, 1.82) is 0 Å². The molecule has 0 aliphatic carbocycles. The van der Waals surface area contributed by atoms with Crippen molar-refractivity contribution in [2.45, 2.75) is 44.8 Å². The van der Waals surface area contributed by atoms with Gasteiger partial charge in [-0.25, -0.2) is 0 Å². The zero-order valence-corrected chi connectivity index (χ0v) is 16.9. The zero-order valence-electron chi connectivity index (χ0n) is 16.9. The van der Waals surface area contributed by atoms with E-state index in [9.17, 15) is 14.7 Å². The van der Waals surface area contributed by atoms with E-state index in [1.165, 1.54) is 12.7 Å². The average Bonchev–Trinajstić information content (AvgIpc) is 3.09. The van der Waals surface area contributed by atoms with Crippen molar-refractivity contribution in [3.05, 3.63) is 65.2 Å². The Labute approximate surface area is 171 Å². The number of nitrogens with zero attached hydrogens (tertiary/aromatic N) is 1. The SMILES string of the molecule is COC(=O)[C@@H]1C[C@@H](NC(=O)CCc2ccc(C)cc2)CN1Cc1cccc(O)c1. The Balaban J connectivity index is 1.57. The number of likely N-dealkylation sites (tertiary alicyclic amines) is 1. The van der Waals surface area contributed by atoms with E-state index in [0.29, 0.717) is 32.4 Å². The topological polar surface area (TPSA) is 78.9 Å². The van der Waals surface area contributed by atoms with Crippen molar-refractivity contribution in [3.8, 4) is 5.75 Å². The standard InChI is InChI=1S/C23H28N2O4/c1-16-6-8-17(9-7-16)10-11-22(27)24-19-13-21(23(28)29-2)25(15-19)14-18-4-3-5-20(26)12-18/h3-9,12,19,21,26H,10-11,13-15H2,1-2H3,(H,24,27)/t19-,21+/m1/s1. The molecule has 2 aromatic carbocycles. The van der Waals surface area contributed by atoms with Crippen LogP contribution in [0.15, 0.2) is 48.5 Å². The first-order valence-corrected chi connectivity index (χ1v) is 9.89. The summed E-state index contributed by atoms with van der Waals surface area (Å²) in [7, 11) is 1.38. The first kappa shape index (κ1) is 20.9. The minimum absolute atomic E-state index is 0.0154. The second kappa shape index (κ2) is 9.56. The Morgan fingerprint density at radius 1 is 1.17 bits per heavy atom. The Hall–Kier alpha value is -2.86. The summed E-state index contributed by atoms with van der Waals surface area (Å²) in [4.78, 5) is 26.6. The van der Waals surface area contributed by atoms with E-state index < -0.39 is 6.04 Å². The van der Waals surface area contributed by atoms with Crippen molar-refractivity contribution in [2.24, 2.45) is 0 Å². The van der Waals surface area contributed by atoms with Gasteiger partial charge in [0.2, 0.25) is 5.91 Å². The molecule has 6 heteroatoms. The number of esters is 1. The number of aromatic hydroxyl groups is 1. The van der Waals surface area contributed by atoms with Gasteiger partial charge in [-0.2, -0.15) is 0 Å². The van der Waals surface area contributed by atoms with E-state index >= 15 is 0 Å². The largest absolute Gasteiger partial charge is 0.508 e. The number of nitrogens with one attached hydrogen (secondary N) is 1. The van der Waals surface area contributed by atoms with E-state index in [-0.39, 0.29) is 23.7 Å². The Morgan fingerprint density at radius 2 is 1.93 bits per heavy atom. The number of benzene rings is 2. The molecular formula is C23H28N2O4. The first-order valence-electron chi connectivity index (χ1n) is 9.89. The molecule has 1 aliphatic rings. The molecule has 3 rings (SSSR count). The number of carbonyl (C=O) groups excluding carboxylic acids is 2. The molecule has 0 radical (unpaired) electrons. The number of hydrogen-bond donors (Lipinski definition) is 2. The van der Waals surface area contributed by atoms with Gasteiger partial charge in [0, 0.05) is 25.6 Å². The summed E-state index contributed by atoms with van der Waals surface area (Å²) in [5, 5.41) is 12.7. The van der Waals surface area contributed by atoms with Crippen LogP contribution in [0.2, 0.25) is 0 Å². The van der Waals surface area contributed by atoms with Gasteiger partial charge in [-0.15, -0.1) is 0 Å². The molecule has 154 valence electrons. The van der Waals surface area contributed by atoms with Crippen molar-refractivity contribution in [1.82, 2.24) is 10.2 Å². The molecule has 1 fully saturated rings. The van der Waals surface area contributed by atoms with Gasteiger partial charge < -0.3 is 15.2 Å². The quantitative estimate of drug-likeness (QED) is 0.704. The summed E-state index contributed by atoms with van der Waals surface area (Å²) in [6.45, 7) is 3.10. The number of phenols is 1. The summed E-state index contributed by atoms with van der Waals surface area (Å²) >= 11 is 0. The third-order valence-electron chi connectivity index (χ3n) is 5.30. The van der Waals surface area contributed by atoms with Crippen LogP contribution in [0.3, 0.4) is 0 Å². The molecule has 1 amide bonds. The summed E-state index contributed by atoms with van der Waals surface area (Å²) in [6, 6.07) is 14.6. The molecule has 0 aromatic heterocycles. The number of carbonyl (C=O) groups is 2. The van der Waals surface area contributed by atoms with Crippen LogP contribution in [-0.2, 0) is 27.3 Å². The molecule has 0 saturated carbocycles. The molecule has 0 unspecified atom stereocenters. The highest BCUT2D eigenvalue weighted by Gasteiger charge is 2.38. The molecule has 0 spiro atoms. The normalized spacial score (nSPS) is 19.1. The maximum absolute atomic E-state index is 12.4. The molecule has 1 saturated heterocycles. The van der Waals surface area contributed by atoms with Gasteiger partial charge in [0.05, 0.1) is 7.11 Å². The molecule has 1 aliphatic heterocycles. The van der Waals surface area contributed by atoms with Gasteiger partial charge in [0.25, 0.3) is 0 Å². The zero-order chi connectivity index (χ0) is 20.8. The minimum atomic E-state index is -0.412. The van der Waals surface area contributed by atoms with Crippen LogP contribution in [0.1, 0.15) is 29.5 Å². The van der Waals surface area contributed by atoms with E-state index in [0.717, 1.165) is 11.1 Å². The molecule has 1 heterocycles. The second-order valence-corrected chi connectivity index (χ2v) is 7.62. The number of phenolic OH excluding ortho intramolecular Hbond substituents is 1. The number of ether oxygens (including phenoxy) is 1. The molecular weight excluding hydrogens is 368 g/mol. The van der Waals surface area contributed by atoms with Crippen LogP contribution in [-0.4, -0.2) is 47.6 Å². The lowest BCUT2D eigenvalue weighted by molar-refractivity contribution is -0.146. The second-order valence-electron chi connectivity index (χ2n) is 7.62. The highest BCUT2D eigenvalue weighted by molar-refractivity contribution is 5.78. The predicted octanol–water partition coefficient (Wildman–Crippen LogP) is 2.57. The van der Waals surface area contributed by atoms with Crippen LogP contribution < -0.4 is 5.32 Å². The van der Waals surface area contributed by atoms with Gasteiger partial charge >= 0.3 is 5.97 Å². The minimum Gasteiger partial charge on any atom is -0.508 e. The van der Waals surface area contributed by atoms with Crippen molar-refractivity contribution < 1.29 is 19.4 Å². The van der Waals surface area contributed by atoms with Gasteiger partial charge in [0.1, 0.15) is 11.8 Å². The maximum Gasteiger partial charge on any atom is 0.323 e. The summed E-state index contributed by atoms with van der Waals surface area (Å²) < 4.78 is 4.95. The summed E-state index contributed by atoms with van der Waals surface area (Å²) in [6.07, 6.45) is 1.61. The van der Waals surface area contributed by atoms with E-state index in [4.69, 9.17) is 4.74 Å². The van der Waals surface area contributed by atoms with Gasteiger partial charge in [-0.1, -0.05) is 42.0 Å². The lowest BCUT2D eigenvalue weighted by Gasteiger charge is -2.22. The molecule has 6 nitrogen and oxygen atoms in total. The highest BCUT2D eigenvalue weighted by Crippen LogP contribution is 2.23. The van der Waals surface area contributed by atoms with Gasteiger partial charge in [0.15, 0.2) is 0 Å².